The van der Waals surface area contributed by atoms with Crippen LogP contribution in [0.5, 0.6) is 5.88 Å². The molecule has 0 fully saturated rings. The van der Waals surface area contributed by atoms with Gasteiger partial charge in [-0.05, 0) is 19.8 Å². The summed E-state index contributed by atoms with van der Waals surface area (Å²) in [4.78, 5) is 8.11. The van der Waals surface area contributed by atoms with E-state index in [4.69, 9.17) is 15.2 Å². The molecule has 6 heteroatoms. The summed E-state index contributed by atoms with van der Waals surface area (Å²) in [5.41, 5.74) is 6.38. The molecule has 1 heterocycles. The minimum atomic E-state index is 0.444. The highest BCUT2D eigenvalue weighted by atomic mass is 16.5. The second-order valence-electron chi connectivity index (χ2n) is 3.77. The molecule has 0 aliphatic rings. The Labute approximate surface area is 108 Å². The molecule has 0 atom stereocenters. The first-order valence-electron chi connectivity index (χ1n) is 6.34. The summed E-state index contributed by atoms with van der Waals surface area (Å²) < 4.78 is 10.7. The molecular formula is C12H22N4O2. The average Bonchev–Trinajstić information content (AvgIpc) is 2.39. The Morgan fingerprint density at radius 3 is 2.83 bits per heavy atom. The van der Waals surface area contributed by atoms with Crippen molar-refractivity contribution in [3.63, 3.8) is 0 Å². The first kappa shape index (κ1) is 14.5. The Morgan fingerprint density at radius 1 is 1.28 bits per heavy atom. The van der Waals surface area contributed by atoms with Crippen LogP contribution in [0.1, 0.15) is 26.7 Å². The Hall–Kier alpha value is -1.56. The first-order chi connectivity index (χ1) is 8.79. The van der Waals surface area contributed by atoms with Gasteiger partial charge < -0.3 is 20.5 Å². The predicted molar refractivity (Wildman–Crippen MR) is 71.8 cm³/mol. The number of aromatic nitrogens is 2. The monoisotopic (exact) mass is 254 g/mol. The zero-order chi connectivity index (χ0) is 13.2. The van der Waals surface area contributed by atoms with Crippen molar-refractivity contribution < 1.29 is 9.47 Å². The summed E-state index contributed by atoms with van der Waals surface area (Å²) in [5.74, 6) is 1.06. The van der Waals surface area contributed by atoms with Crippen molar-refractivity contribution in [1.82, 2.24) is 9.97 Å². The van der Waals surface area contributed by atoms with E-state index in [0.717, 1.165) is 32.6 Å². The lowest BCUT2D eigenvalue weighted by atomic mass is 10.4. The van der Waals surface area contributed by atoms with Crippen molar-refractivity contribution in [1.29, 1.82) is 0 Å². The summed E-state index contributed by atoms with van der Waals surface area (Å²) in [7, 11) is 0. The maximum Gasteiger partial charge on any atom is 0.242 e. The summed E-state index contributed by atoms with van der Waals surface area (Å²) in [6, 6.07) is 0. The highest BCUT2D eigenvalue weighted by Gasteiger charge is 2.08. The Kier molecular flexibility index (Phi) is 6.86. The quantitative estimate of drug-likeness (QED) is 0.652. The molecule has 6 nitrogen and oxygen atoms in total. The Morgan fingerprint density at radius 2 is 2.11 bits per heavy atom. The third kappa shape index (κ3) is 4.75. The number of nitrogen functional groups attached to an aromatic ring is 1. The lowest BCUT2D eigenvalue weighted by Gasteiger charge is -2.11. The Bertz CT molecular complexity index is 347. The number of rotatable bonds is 9. The van der Waals surface area contributed by atoms with Crippen LogP contribution < -0.4 is 15.8 Å². The van der Waals surface area contributed by atoms with Gasteiger partial charge in [0, 0.05) is 19.8 Å². The van der Waals surface area contributed by atoms with Crippen molar-refractivity contribution in [2.45, 2.75) is 26.7 Å². The SMILES string of the molecule is CCCOc1ncnc(NCCCOCC)c1N. The molecule has 0 aliphatic carbocycles. The van der Waals surface area contributed by atoms with Crippen LogP contribution in [0.15, 0.2) is 6.33 Å². The van der Waals surface area contributed by atoms with Crippen LogP contribution >= 0.6 is 0 Å². The van der Waals surface area contributed by atoms with Crippen LogP contribution in [0.25, 0.3) is 0 Å². The van der Waals surface area contributed by atoms with E-state index >= 15 is 0 Å². The smallest absolute Gasteiger partial charge is 0.242 e. The van der Waals surface area contributed by atoms with Crippen molar-refractivity contribution in [3.8, 4) is 5.88 Å². The number of ether oxygens (including phenoxy) is 2. The van der Waals surface area contributed by atoms with Gasteiger partial charge in [0.05, 0.1) is 6.61 Å². The van der Waals surface area contributed by atoms with Crippen molar-refractivity contribution in [3.05, 3.63) is 6.33 Å². The van der Waals surface area contributed by atoms with Gasteiger partial charge >= 0.3 is 0 Å². The molecule has 0 saturated heterocycles. The van der Waals surface area contributed by atoms with E-state index in [2.05, 4.69) is 15.3 Å². The molecule has 0 aliphatic heterocycles. The molecule has 18 heavy (non-hydrogen) atoms. The first-order valence-corrected chi connectivity index (χ1v) is 6.34. The fourth-order valence-corrected chi connectivity index (χ4v) is 1.36. The van der Waals surface area contributed by atoms with E-state index in [0.29, 0.717) is 24.0 Å². The predicted octanol–water partition coefficient (Wildman–Crippen LogP) is 1.69. The van der Waals surface area contributed by atoms with Gasteiger partial charge in [0.15, 0.2) is 5.82 Å². The van der Waals surface area contributed by atoms with E-state index < -0.39 is 0 Å². The third-order valence-electron chi connectivity index (χ3n) is 2.25. The van der Waals surface area contributed by atoms with Crippen LogP contribution in [-0.4, -0.2) is 36.3 Å². The molecule has 3 N–H and O–H groups in total. The van der Waals surface area contributed by atoms with Gasteiger partial charge in [0.1, 0.15) is 12.0 Å². The van der Waals surface area contributed by atoms with Crippen molar-refractivity contribution in [2.24, 2.45) is 0 Å². The largest absolute Gasteiger partial charge is 0.476 e. The summed E-state index contributed by atoms with van der Waals surface area (Å²) in [6.07, 6.45) is 3.27. The molecule has 0 saturated carbocycles. The molecule has 0 amide bonds. The van der Waals surface area contributed by atoms with Crippen LogP contribution in [0, 0.1) is 0 Å². The van der Waals surface area contributed by atoms with E-state index in [1.807, 2.05) is 13.8 Å². The normalized spacial score (nSPS) is 10.3. The number of nitrogens with zero attached hydrogens (tertiary/aromatic N) is 2. The molecular weight excluding hydrogens is 232 g/mol. The van der Waals surface area contributed by atoms with Gasteiger partial charge in [-0.25, -0.2) is 4.98 Å². The van der Waals surface area contributed by atoms with E-state index in [1.54, 1.807) is 0 Å². The number of nitrogens with two attached hydrogens (primary N) is 1. The molecule has 0 radical (unpaired) electrons. The second-order valence-corrected chi connectivity index (χ2v) is 3.77. The van der Waals surface area contributed by atoms with Gasteiger partial charge in [-0.3, -0.25) is 0 Å². The fourth-order valence-electron chi connectivity index (χ4n) is 1.36. The van der Waals surface area contributed by atoms with Gasteiger partial charge in [0.2, 0.25) is 5.88 Å². The highest BCUT2D eigenvalue weighted by Crippen LogP contribution is 2.24. The van der Waals surface area contributed by atoms with E-state index in [-0.39, 0.29) is 0 Å². The second kappa shape index (κ2) is 8.52. The maximum atomic E-state index is 5.92. The van der Waals surface area contributed by atoms with Crippen molar-refractivity contribution in [2.75, 3.05) is 37.4 Å². The van der Waals surface area contributed by atoms with E-state index in [9.17, 15) is 0 Å². The lowest BCUT2D eigenvalue weighted by molar-refractivity contribution is 0.147. The summed E-state index contributed by atoms with van der Waals surface area (Å²) in [6.45, 7) is 6.84. The van der Waals surface area contributed by atoms with Crippen LogP contribution in [0.3, 0.4) is 0 Å². The molecule has 1 rings (SSSR count). The average molecular weight is 254 g/mol. The minimum absolute atomic E-state index is 0.444. The number of nitrogens with one attached hydrogen (secondary N) is 1. The molecule has 0 unspecified atom stereocenters. The minimum Gasteiger partial charge on any atom is -0.476 e. The Balaban J connectivity index is 2.44. The molecule has 0 spiro atoms. The number of hydrogen-bond donors (Lipinski definition) is 2. The lowest BCUT2D eigenvalue weighted by Crippen LogP contribution is -2.10. The fraction of sp³-hybridized carbons (Fsp3) is 0.667. The van der Waals surface area contributed by atoms with Crippen molar-refractivity contribution >= 4 is 11.5 Å². The van der Waals surface area contributed by atoms with E-state index in [1.165, 1.54) is 6.33 Å². The number of anilines is 2. The molecule has 1 aromatic heterocycles. The summed E-state index contributed by atoms with van der Waals surface area (Å²) >= 11 is 0. The van der Waals surface area contributed by atoms with Crippen LogP contribution in [0.4, 0.5) is 11.5 Å². The third-order valence-corrected chi connectivity index (χ3v) is 2.25. The topological polar surface area (TPSA) is 82.3 Å². The zero-order valence-electron chi connectivity index (χ0n) is 11.1. The molecule has 1 aromatic rings. The van der Waals surface area contributed by atoms with Crippen LogP contribution in [0.2, 0.25) is 0 Å². The zero-order valence-corrected chi connectivity index (χ0v) is 11.1. The van der Waals surface area contributed by atoms with Gasteiger partial charge in [0.25, 0.3) is 0 Å². The van der Waals surface area contributed by atoms with Gasteiger partial charge in [-0.1, -0.05) is 6.92 Å². The highest BCUT2D eigenvalue weighted by molar-refractivity contribution is 5.66. The molecule has 0 bridgehead atoms. The van der Waals surface area contributed by atoms with Gasteiger partial charge in [-0.2, -0.15) is 4.98 Å². The number of hydrogen-bond acceptors (Lipinski definition) is 6. The standard InChI is InChI=1S/C12H22N4O2/c1-3-7-18-12-10(13)11(15-9-16-12)14-6-5-8-17-4-2/h9H,3-8,13H2,1-2H3,(H,14,15,16). The molecule has 0 aromatic carbocycles. The van der Waals surface area contributed by atoms with Gasteiger partial charge in [-0.15, -0.1) is 0 Å². The molecule has 102 valence electrons. The maximum absolute atomic E-state index is 5.92. The summed E-state index contributed by atoms with van der Waals surface area (Å²) in [5, 5.41) is 3.15. The van der Waals surface area contributed by atoms with Crippen LogP contribution in [-0.2, 0) is 4.74 Å².